The topological polar surface area (TPSA) is 103 Å². The van der Waals surface area contributed by atoms with Crippen molar-refractivity contribution in [3.63, 3.8) is 0 Å². The monoisotopic (exact) mass is 511 g/mol. The minimum absolute atomic E-state index is 0.110. The van der Waals surface area contributed by atoms with Gasteiger partial charge in [0.1, 0.15) is 0 Å². The van der Waals surface area contributed by atoms with Crippen molar-refractivity contribution in [1.82, 2.24) is 26.1 Å². The Labute approximate surface area is 205 Å². The molecular formula is C23H25ClF3N5O3. The van der Waals surface area contributed by atoms with E-state index in [2.05, 4.69) is 15.7 Å². The van der Waals surface area contributed by atoms with Gasteiger partial charge in [-0.05, 0) is 57.4 Å². The molecule has 3 N–H and O–H groups in total. The van der Waals surface area contributed by atoms with Crippen molar-refractivity contribution in [2.45, 2.75) is 57.9 Å². The Morgan fingerprint density at radius 3 is 2.31 bits per heavy atom. The van der Waals surface area contributed by atoms with Gasteiger partial charge in [0.25, 0.3) is 11.8 Å². The second-order valence-corrected chi connectivity index (χ2v) is 8.87. The Morgan fingerprint density at radius 1 is 1.06 bits per heavy atom. The van der Waals surface area contributed by atoms with E-state index in [1.54, 1.807) is 25.1 Å². The smallest absolute Gasteiger partial charge is 0.333 e. The number of halogens is 4. The molecule has 0 aliphatic carbocycles. The van der Waals surface area contributed by atoms with E-state index >= 15 is 0 Å². The van der Waals surface area contributed by atoms with E-state index in [0.29, 0.717) is 23.4 Å². The molecule has 1 aliphatic rings. The van der Waals surface area contributed by atoms with Crippen LogP contribution in [-0.2, 0) is 6.18 Å². The Morgan fingerprint density at radius 2 is 1.71 bits per heavy atom. The third-order valence-electron chi connectivity index (χ3n) is 5.87. The average Bonchev–Trinajstić information content (AvgIpc) is 3.14. The quantitative estimate of drug-likeness (QED) is 0.527. The zero-order valence-electron chi connectivity index (χ0n) is 19.2. The number of hydrazine groups is 1. The second kappa shape index (κ2) is 10.5. The molecule has 0 saturated carbocycles. The van der Waals surface area contributed by atoms with Crippen molar-refractivity contribution in [2.24, 2.45) is 0 Å². The number of carbonyl (C=O) groups excluding carboxylic acids is 3. The van der Waals surface area contributed by atoms with E-state index in [-0.39, 0.29) is 28.6 Å². The summed E-state index contributed by atoms with van der Waals surface area (Å²) >= 11 is 6.38. The van der Waals surface area contributed by atoms with Crippen LogP contribution >= 0.6 is 11.6 Å². The third-order valence-corrected chi connectivity index (χ3v) is 6.19. The number of hydrogen-bond acceptors (Lipinski definition) is 4. The summed E-state index contributed by atoms with van der Waals surface area (Å²) in [5, 5.41) is 2.84. The lowest BCUT2D eigenvalue weighted by Crippen LogP contribution is -2.47. The minimum Gasteiger partial charge on any atom is -0.333 e. The van der Waals surface area contributed by atoms with Crippen LogP contribution in [0.25, 0.3) is 0 Å². The number of pyridine rings is 1. The van der Waals surface area contributed by atoms with Crippen LogP contribution in [0.2, 0.25) is 5.02 Å². The van der Waals surface area contributed by atoms with Gasteiger partial charge in [0.2, 0.25) is 0 Å². The van der Waals surface area contributed by atoms with Gasteiger partial charge in [-0.15, -0.1) is 0 Å². The number of aromatic nitrogens is 1. The number of urea groups is 1. The Hall–Kier alpha value is -3.34. The van der Waals surface area contributed by atoms with E-state index in [4.69, 9.17) is 11.6 Å². The molecule has 1 aliphatic heterocycles. The molecule has 1 fully saturated rings. The first-order valence-corrected chi connectivity index (χ1v) is 11.3. The molecule has 3 atom stereocenters. The SMILES string of the molecule is C[C@@H]1CC[C@H](C)N1C(=O)c1ccc([C@@H](C)NC(=O)NNC(=O)c2cncc(C(F)(F)F)c2)c(Cl)c1. The molecule has 2 heterocycles. The molecule has 1 aromatic carbocycles. The summed E-state index contributed by atoms with van der Waals surface area (Å²) in [6.45, 7) is 5.65. The van der Waals surface area contributed by atoms with Crippen LogP contribution in [0.4, 0.5) is 18.0 Å². The second-order valence-electron chi connectivity index (χ2n) is 8.46. The first-order chi connectivity index (χ1) is 16.4. The lowest BCUT2D eigenvalue weighted by molar-refractivity contribution is -0.137. The minimum atomic E-state index is -4.66. The zero-order valence-corrected chi connectivity index (χ0v) is 20.0. The largest absolute Gasteiger partial charge is 0.417 e. The van der Waals surface area contributed by atoms with E-state index in [0.717, 1.165) is 19.0 Å². The highest BCUT2D eigenvalue weighted by Gasteiger charge is 2.33. The molecule has 4 amide bonds. The summed E-state index contributed by atoms with van der Waals surface area (Å²) in [6, 6.07) is 4.31. The maximum absolute atomic E-state index is 12.9. The molecule has 8 nitrogen and oxygen atoms in total. The number of nitrogens with one attached hydrogen (secondary N) is 3. The summed E-state index contributed by atoms with van der Waals surface area (Å²) in [5.74, 6) is -1.08. The summed E-state index contributed by atoms with van der Waals surface area (Å²) in [7, 11) is 0. The molecule has 2 aromatic rings. The van der Waals surface area contributed by atoms with Crippen molar-refractivity contribution in [3.05, 3.63) is 63.9 Å². The fourth-order valence-electron chi connectivity index (χ4n) is 3.97. The molecule has 1 saturated heterocycles. The Bertz CT molecular complexity index is 1120. The maximum Gasteiger partial charge on any atom is 0.417 e. The normalized spacial score (nSPS) is 18.7. The van der Waals surface area contributed by atoms with Gasteiger partial charge >= 0.3 is 12.2 Å². The molecule has 0 spiro atoms. The van der Waals surface area contributed by atoms with Crippen molar-refractivity contribution >= 4 is 29.4 Å². The van der Waals surface area contributed by atoms with Gasteiger partial charge < -0.3 is 10.2 Å². The zero-order chi connectivity index (χ0) is 25.9. The number of likely N-dealkylation sites (tertiary alicyclic amines) is 1. The molecule has 1 aromatic heterocycles. The first kappa shape index (κ1) is 26.3. The van der Waals surface area contributed by atoms with E-state index < -0.39 is 29.7 Å². The van der Waals surface area contributed by atoms with Gasteiger partial charge in [0.15, 0.2) is 0 Å². The fourth-order valence-corrected chi connectivity index (χ4v) is 4.32. The number of benzene rings is 1. The Balaban J connectivity index is 1.58. The molecule has 0 unspecified atom stereocenters. The summed E-state index contributed by atoms with van der Waals surface area (Å²) in [6.07, 6.45) is -1.24. The van der Waals surface area contributed by atoms with Gasteiger partial charge in [-0.3, -0.25) is 20.0 Å². The van der Waals surface area contributed by atoms with Gasteiger partial charge in [-0.25, -0.2) is 10.2 Å². The third kappa shape index (κ3) is 6.21. The average molecular weight is 512 g/mol. The molecule has 0 radical (unpaired) electrons. The highest BCUT2D eigenvalue weighted by Crippen LogP contribution is 2.30. The highest BCUT2D eigenvalue weighted by atomic mass is 35.5. The number of rotatable bonds is 4. The van der Waals surface area contributed by atoms with E-state index in [1.165, 1.54) is 0 Å². The summed E-state index contributed by atoms with van der Waals surface area (Å²) < 4.78 is 38.3. The van der Waals surface area contributed by atoms with Crippen molar-refractivity contribution in [1.29, 1.82) is 0 Å². The van der Waals surface area contributed by atoms with Crippen LogP contribution in [0.15, 0.2) is 36.7 Å². The summed E-state index contributed by atoms with van der Waals surface area (Å²) in [4.78, 5) is 42.4. The Kier molecular flexibility index (Phi) is 7.89. The van der Waals surface area contributed by atoms with Crippen LogP contribution in [0, 0.1) is 0 Å². The highest BCUT2D eigenvalue weighted by molar-refractivity contribution is 6.31. The van der Waals surface area contributed by atoms with Crippen LogP contribution in [0.3, 0.4) is 0 Å². The maximum atomic E-state index is 12.9. The standard InChI is InChI=1S/C23H25ClF3N5O3/c1-12-4-5-13(2)32(12)21(34)15-6-7-18(19(24)9-15)14(3)29-22(35)31-30-20(33)16-8-17(11-28-10-16)23(25,26)27/h6-14H,4-5H2,1-3H3,(H,30,33)(H2,29,31,35)/t12-,13+,14-/m1/s1. The van der Waals surface area contributed by atoms with Crippen LogP contribution < -0.4 is 16.2 Å². The van der Waals surface area contributed by atoms with Gasteiger partial charge in [-0.2, -0.15) is 13.2 Å². The first-order valence-electron chi connectivity index (χ1n) is 10.9. The molecule has 12 heteroatoms. The predicted octanol–water partition coefficient (Wildman–Crippen LogP) is 4.47. The predicted molar refractivity (Wildman–Crippen MR) is 123 cm³/mol. The molecule has 35 heavy (non-hydrogen) atoms. The van der Waals surface area contributed by atoms with Crippen LogP contribution in [0.5, 0.6) is 0 Å². The molecule has 188 valence electrons. The number of amides is 4. The lowest BCUT2D eigenvalue weighted by Gasteiger charge is -2.26. The lowest BCUT2D eigenvalue weighted by atomic mass is 10.0. The van der Waals surface area contributed by atoms with E-state index in [9.17, 15) is 27.6 Å². The van der Waals surface area contributed by atoms with Gasteiger partial charge in [-0.1, -0.05) is 17.7 Å². The van der Waals surface area contributed by atoms with Crippen LogP contribution in [-0.4, -0.2) is 39.8 Å². The number of carbonyl (C=O) groups is 3. The molecule has 3 rings (SSSR count). The number of alkyl halides is 3. The van der Waals surface area contributed by atoms with E-state index in [1.807, 2.05) is 24.2 Å². The van der Waals surface area contributed by atoms with Crippen LogP contribution in [0.1, 0.15) is 71.5 Å². The van der Waals surface area contributed by atoms with Crippen molar-refractivity contribution < 1.29 is 27.6 Å². The number of nitrogens with zero attached hydrogens (tertiary/aromatic N) is 2. The van der Waals surface area contributed by atoms with Gasteiger partial charge in [0.05, 0.1) is 17.2 Å². The van der Waals surface area contributed by atoms with Crippen molar-refractivity contribution in [3.8, 4) is 0 Å². The van der Waals surface area contributed by atoms with Crippen molar-refractivity contribution in [2.75, 3.05) is 0 Å². The molecule has 0 bridgehead atoms. The molecular weight excluding hydrogens is 487 g/mol. The van der Waals surface area contributed by atoms with Gasteiger partial charge in [0, 0.05) is 35.1 Å². The fraction of sp³-hybridized carbons (Fsp3) is 0.391. The number of hydrogen-bond donors (Lipinski definition) is 3. The summed E-state index contributed by atoms with van der Waals surface area (Å²) in [5.41, 5.74) is 3.61.